The molecule has 0 radical (unpaired) electrons. The van der Waals surface area contributed by atoms with Crippen LogP contribution >= 0.6 is 0 Å². The van der Waals surface area contributed by atoms with Gasteiger partial charge in [-0.05, 0) is 30.7 Å². The predicted octanol–water partition coefficient (Wildman–Crippen LogP) is 2.10. The lowest BCUT2D eigenvalue weighted by Crippen LogP contribution is -2.41. The average molecular weight is 354 g/mol. The fourth-order valence-electron chi connectivity index (χ4n) is 2.45. The number of nitrogens with one attached hydrogen (secondary N) is 3. The lowest BCUT2D eigenvalue weighted by Gasteiger charge is -2.13. The van der Waals surface area contributed by atoms with Crippen LogP contribution in [0.4, 0.5) is 0 Å². The van der Waals surface area contributed by atoms with Crippen molar-refractivity contribution in [2.24, 2.45) is 4.99 Å². The van der Waals surface area contributed by atoms with Gasteiger partial charge < -0.3 is 20.7 Å². The first-order valence-corrected chi connectivity index (χ1v) is 8.54. The molecule has 3 N–H and O–H groups in total. The van der Waals surface area contributed by atoms with E-state index in [1.165, 1.54) is 11.1 Å². The number of ether oxygens (including phenoxy) is 1. The minimum atomic E-state index is -0.131. The second-order valence-corrected chi connectivity index (χ2v) is 5.83. The van der Waals surface area contributed by atoms with Gasteiger partial charge in [0.2, 0.25) is 0 Å². The summed E-state index contributed by atoms with van der Waals surface area (Å²) < 4.78 is 5.13. The first-order chi connectivity index (χ1) is 12.6. The van der Waals surface area contributed by atoms with Crippen molar-refractivity contribution in [3.05, 3.63) is 65.2 Å². The van der Waals surface area contributed by atoms with Crippen molar-refractivity contribution in [2.45, 2.75) is 13.5 Å². The van der Waals surface area contributed by atoms with Crippen LogP contribution in [0, 0.1) is 6.92 Å². The maximum atomic E-state index is 12.1. The van der Waals surface area contributed by atoms with Crippen LogP contribution in [0.5, 0.6) is 5.75 Å². The summed E-state index contributed by atoms with van der Waals surface area (Å²) in [5.41, 5.74) is 3.00. The summed E-state index contributed by atoms with van der Waals surface area (Å²) in [6.07, 6.45) is 0. The molecule has 0 aliphatic rings. The molecule has 26 heavy (non-hydrogen) atoms. The lowest BCUT2D eigenvalue weighted by atomic mass is 10.1. The zero-order chi connectivity index (χ0) is 18.8. The standard InChI is InChI=1S/C20H26N4O2/c1-15-6-4-7-16(12-15)14-24-20(21-2)23-11-10-22-19(25)17-8-5-9-18(13-17)26-3/h4-9,12-13H,10-11,14H2,1-3H3,(H,22,25)(H2,21,23,24). The first-order valence-electron chi connectivity index (χ1n) is 8.54. The summed E-state index contributed by atoms with van der Waals surface area (Å²) >= 11 is 0. The van der Waals surface area contributed by atoms with E-state index < -0.39 is 0 Å². The molecule has 0 saturated heterocycles. The van der Waals surface area contributed by atoms with E-state index in [4.69, 9.17) is 4.74 Å². The Morgan fingerprint density at radius 3 is 2.54 bits per heavy atom. The van der Waals surface area contributed by atoms with Crippen LogP contribution in [-0.2, 0) is 6.54 Å². The van der Waals surface area contributed by atoms with Crippen molar-refractivity contribution in [2.75, 3.05) is 27.2 Å². The number of benzene rings is 2. The van der Waals surface area contributed by atoms with Gasteiger partial charge in [0, 0.05) is 32.2 Å². The maximum absolute atomic E-state index is 12.1. The van der Waals surface area contributed by atoms with Crippen LogP contribution in [0.15, 0.2) is 53.5 Å². The van der Waals surface area contributed by atoms with E-state index in [1.54, 1.807) is 32.4 Å². The molecule has 0 spiro atoms. The SMILES string of the molecule is CN=C(NCCNC(=O)c1cccc(OC)c1)NCc1cccc(C)c1. The van der Waals surface area contributed by atoms with E-state index in [2.05, 4.69) is 46.1 Å². The summed E-state index contributed by atoms with van der Waals surface area (Å²) in [4.78, 5) is 16.3. The van der Waals surface area contributed by atoms with Crippen LogP contribution in [0.3, 0.4) is 0 Å². The molecule has 0 aromatic heterocycles. The third kappa shape index (κ3) is 6.12. The van der Waals surface area contributed by atoms with Gasteiger partial charge in [0.1, 0.15) is 5.75 Å². The number of rotatable bonds is 7. The number of nitrogens with zero attached hydrogens (tertiary/aromatic N) is 1. The highest BCUT2D eigenvalue weighted by Gasteiger charge is 2.06. The molecule has 6 nitrogen and oxygen atoms in total. The fourth-order valence-corrected chi connectivity index (χ4v) is 2.45. The van der Waals surface area contributed by atoms with Gasteiger partial charge in [-0.1, -0.05) is 35.9 Å². The number of carbonyl (C=O) groups is 1. The number of aliphatic imine (C=N–C) groups is 1. The van der Waals surface area contributed by atoms with Gasteiger partial charge >= 0.3 is 0 Å². The number of methoxy groups -OCH3 is 1. The molecule has 0 fully saturated rings. The zero-order valence-electron chi connectivity index (χ0n) is 15.5. The number of guanidine groups is 1. The second-order valence-electron chi connectivity index (χ2n) is 5.83. The average Bonchev–Trinajstić information content (AvgIpc) is 2.67. The summed E-state index contributed by atoms with van der Waals surface area (Å²) in [5, 5.41) is 9.31. The van der Waals surface area contributed by atoms with Crippen LogP contribution in [0.1, 0.15) is 21.5 Å². The van der Waals surface area contributed by atoms with Crippen molar-refractivity contribution in [1.29, 1.82) is 0 Å². The molecule has 138 valence electrons. The van der Waals surface area contributed by atoms with Gasteiger partial charge in [-0.3, -0.25) is 9.79 Å². The Labute approximate surface area is 154 Å². The number of aryl methyl sites for hydroxylation is 1. The van der Waals surface area contributed by atoms with Gasteiger partial charge in [-0.2, -0.15) is 0 Å². The Hall–Kier alpha value is -3.02. The zero-order valence-corrected chi connectivity index (χ0v) is 15.5. The van der Waals surface area contributed by atoms with Crippen LogP contribution in [0.2, 0.25) is 0 Å². The third-order valence-electron chi connectivity index (χ3n) is 3.80. The lowest BCUT2D eigenvalue weighted by molar-refractivity contribution is 0.0954. The molecule has 2 rings (SSSR count). The molecule has 0 atom stereocenters. The van der Waals surface area contributed by atoms with Crippen molar-refractivity contribution >= 4 is 11.9 Å². The van der Waals surface area contributed by atoms with Gasteiger partial charge in [0.05, 0.1) is 7.11 Å². The fraction of sp³-hybridized carbons (Fsp3) is 0.300. The molecular formula is C20H26N4O2. The van der Waals surface area contributed by atoms with E-state index in [-0.39, 0.29) is 5.91 Å². The highest BCUT2D eigenvalue weighted by Crippen LogP contribution is 2.12. The molecule has 1 amide bonds. The smallest absolute Gasteiger partial charge is 0.251 e. The molecule has 0 unspecified atom stereocenters. The number of hydrogen-bond donors (Lipinski definition) is 3. The normalized spacial score (nSPS) is 11.0. The molecule has 0 bridgehead atoms. The summed E-state index contributed by atoms with van der Waals surface area (Å²) in [6.45, 7) is 3.82. The maximum Gasteiger partial charge on any atom is 0.251 e. The van der Waals surface area contributed by atoms with E-state index in [1.807, 2.05) is 12.1 Å². The molecule has 6 heteroatoms. The van der Waals surface area contributed by atoms with Crippen molar-refractivity contribution in [3.8, 4) is 5.75 Å². The monoisotopic (exact) mass is 354 g/mol. The topological polar surface area (TPSA) is 74.8 Å². The number of hydrogen-bond acceptors (Lipinski definition) is 3. The molecule has 0 aliphatic carbocycles. The summed E-state index contributed by atoms with van der Waals surface area (Å²) in [6, 6.07) is 15.4. The number of carbonyl (C=O) groups excluding carboxylic acids is 1. The largest absolute Gasteiger partial charge is 0.497 e. The Morgan fingerprint density at radius 1 is 1.04 bits per heavy atom. The Balaban J connectivity index is 1.72. The van der Waals surface area contributed by atoms with E-state index in [0.29, 0.717) is 36.9 Å². The Bertz CT molecular complexity index is 759. The molecule has 0 aliphatic heterocycles. The second kappa shape index (κ2) is 10.1. The quantitative estimate of drug-likeness (QED) is 0.404. The van der Waals surface area contributed by atoms with Crippen LogP contribution in [0.25, 0.3) is 0 Å². The highest BCUT2D eigenvalue weighted by molar-refractivity contribution is 5.94. The summed E-state index contributed by atoms with van der Waals surface area (Å²) in [7, 11) is 3.30. The third-order valence-corrected chi connectivity index (χ3v) is 3.80. The van der Waals surface area contributed by atoms with Crippen LogP contribution in [-0.4, -0.2) is 39.1 Å². The molecule has 2 aromatic carbocycles. The molecule has 0 saturated carbocycles. The molecule has 2 aromatic rings. The number of amides is 1. The Morgan fingerprint density at radius 2 is 1.81 bits per heavy atom. The summed E-state index contributed by atoms with van der Waals surface area (Å²) in [5.74, 6) is 1.23. The van der Waals surface area contributed by atoms with Crippen LogP contribution < -0.4 is 20.7 Å². The van der Waals surface area contributed by atoms with Gasteiger partial charge in [0.15, 0.2) is 5.96 Å². The van der Waals surface area contributed by atoms with E-state index in [9.17, 15) is 4.79 Å². The highest BCUT2D eigenvalue weighted by atomic mass is 16.5. The van der Waals surface area contributed by atoms with Crippen molar-refractivity contribution in [3.63, 3.8) is 0 Å². The predicted molar refractivity (Wildman–Crippen MR) is 105 cm³/mol. The van der Waals surface area contributed by atoms with E-state index >= 15 is 0 Å². The van der Waals surface area contributed by atoms with Crippen molar-refractivity contribution < 1.29 is 9.53 Å². The van der Waals surface area contributed by atoms with Crippen molar-refractivity contribution in [1.82, 2.24) is 16.0 Å². The molecule has 0 heterocycles. The van der Waals surface area contributed by atoms with Gasteiger partial charge in [0.25, 0.3) is 5.91 Å². The van der Waals surface area contributed by atoms with Gasteiger partial charge in [-0.25, -0.2) is 0 Å². The molecular weight excluding hydrogens is 328 g/mol. The minimum absolute atomic E-state index is 0.131. The minimum Gasteiger partial charge on any atom is -0.497 e. The first kappa shape index (κ1) is 19.3. The van der Waals surface area contributed by atoms with Gasteiger partial charge in [-0.15, -0.1) is 0 Å². The Kier molecular flexibility index (Phi) is 7.49. The van der Waals surface area contributed by atoms with E-state index in [0.717, 1.165) is 0 Å².